The highest BCUT2D eigenvalue weighted by atomic mass is 35.5. The molecule has 0 heterocycles. The van der Waals surface area contributed by atoms with Gasteiger partial charge in [0.2, 0.25) is 0 Å². The highest BCUT2D eigenvalue weighted by Crippen LogP contribution is 2.29. The standard InChI is InChI=1S/C8H5Cl2F3O2S/c9-6-2-1-5(3-7(6)10)4-16(14,15)8(11,12)13/h1-3H,4H2. The van der Waals surface area contributed by atoms with Crippen LogP contribution in [0.1, 0.15) is 5.56 Å². The summed E-state index contributed by atoms with van der Waals surface area (Å²) in [5.41, 5.74) is -5.33. The second-order valence-corrected chi connectivity index (χ2v) is 5.75. The lowest BCUT2D eigenvalue weighted by atomic mass is 10.2. The minimum Gasteiger partial charge on any atom is -0.219 e. The van der Waals surface area contributed by atoms with Gasteiger partial charge >= 0.3 is 5.51 Å². The first-order chi connectivity index (χ1) is 7.13. The van der Waals surface area contributed by atoms with Crippen molar-refractivity contribution in [2.45, 2.75) is 11.3 Å². The smallest absolute Gasteiger partial charge is 0.219 e. The average Bonchev–Trinajstić information content (AvgIpc) is 2.09. The third kappa shape index (κ3) is 3.02. The van der Waals surface area contributed by atoms with Gasteiger partial charge in [-0.05, 0) is 17.7 Å². The Bertz CT molecular complexity index is 496. The van der Waals surface area contributed by atoms with Crippen molar-refractivity contribution in [3.05, 3.63) is 33.8 Å². The average molecular weight is 293 g/mol. The molecule has 2 nitrogen and oxygen atoms in total. The van der Waals surface area contributed by atoms with Gasteiger partial charge in [-0.2, -0.15) is 13.2 Å². The first kappa shape index (κ1) is 13.6. The fourth-order valence-electron chi connectivity index (χ4n) is 0.931. The van der Waals surface area contributed by atoms with Gasteiger partial charge in [0.15, 0.2) is 0 Å². The Kier molecular flexibility index (Phi) is 3.76. The summed E-state index contributed by atoms with van der Waals surface area (Å²) in [6.45, 7) is 0. The molecule has 0 bridgehead atoms. The normalized spacial score (nSPS) is 12.8. The van der Waals surface area contributed by atoms with E-state index in [-0.39, 0.29) is 15.6 Å². The summed E-state index contributed by atoms with van der Waals surface area (Å²) in [4.78, 5) is 0. The second kappa shape index (κ2) is 4.43. The highest BCUT2D eigenvalue weighted by molar-refractivity contribution is 7.91. The molecule has 1 rings (SSSR count). The van der Waals surface area contributed by atoms with Crippen molar-refractivity contribution in [1.82, 2.24) is 0 Å². The molecular weight excluding hydrogens is 288 g/mol. The molecule has 0 aliphatic rings. The SMILES string of the molecule is O=S(=O)(Cc1ccc(Cl)c(Cl)c1)C(F)(F)F. The van der Waals surface area contributed by atoms with Crippen LogP contribution in [0.15, 0.2) is 18.2 Å². The molecule has 0 aliphatic heterocycles. The van der Waals surface area contributed by atoms with Crippen LogP contribution in [0.25, 0.3) is 0 Å². The molecule has 0 unspecified atom stereocenters. The Morgan fingerprint density at radius 3 is 2.12 bits per heavy atom. The molecule has 0 fully saturated rings. The van der Waals surface area contributed by atoms with Crippen molar-refractivity contribution in [3.8, 4) is 0 Å². The van der Waals surface area contributed by atoms with Crippen LogP contribution in [-0.4, -0.2) is 13.9 Å². The minimum absolute atomic E-state index is 0.0107. The predicted molar refractivity (Wildman–Crippen MR) is 55.1 cm³/mol. The van der Waals surface area contributed by atoms with E-state index in [0.29, 0.717) is 0 Å². The molecule has 0 atom stereocenters. The van der Waals surface area contributed by atoms with Crippen molar-refractivity contribution >= 4 is 33.0 Å². The van der Waals surface area contributed by atoms with Crippen molar-refractivity contribution in [1.29, 1.82) is 0 Å². The quantitative estimate of drug-likeness (QED) is 0.837. The number of hydrogen-bond acceptors (Lipinski definition) is 2. The fraction of sp³-hybridized carbons (Fsp3) is 0.250. The van der Waals surface area contributed by atoms with Crippen LogP contribution in [0, 0.1) is 0 Å². The molecule has 1 aromatic carbocycles. The van der Waals surface area contributed by atoms with E-state index in [9.17, 15) is 21.6 Å². The van der Waals surface area contributed by atoms with Crippen LogP contribution in [0.3, 0.4) is 0 Å². The lowest BCUT2D eigenvalue weighted by molar-refractivity contribution is -0.0437. The van der Waals surface area contributed by atoms with Gasteiger partial charge in [-0.3, -0.25) is 0 Å². The molecule has 16 heavy (non-hydrogen) atoms. The summed E-state index contributed by atoms with van der Waals surface area (Å²) in [5, 5.41) is 0.159. The molecule has 0 saturated carbocycles. The van der Waals surface area contributed by atoms with E-state index in [1.54, 1.807) is 0 Å². The zero-order valence-corrected chi connectivity index (χ0v) is 9.88. The molecule has 0 saturated heterocycles. The van der Waals surface area contributed by atoms with Crippen molar-refractivity contribution in [3.63, 3.8) is 0 Å². The number of halogens is 5. The van der Waals surface area contributed by atoms with Crippen molar-refractivity contribution in [2.75, 3.05) is 0 Å². The third-order valence-corrected chi connectivity index (χ3v) is 3.85. The first-order valence-electron chi connectivity index (χ1n) is 3.86. The lowest BCUT2D eigenvalue weighted by Crippen LogP contribution is -2.24. The summed E-state index contributed by atoms with van der Waals surface area (Å²) in [6.07, 6.45) is 0. The van der Waals surface area contributed by atoms with E-state index in [0.717, 1.165) is 6.07 Å². The van der Waals surface area contributed by atoms with Crippen LogP contribution in [0.5, 0.6) is 0 Å². The van der Waals surface area contributed by atoms with Gasteiger partial charge in [-0.25, -0.2) is 8.42 Å². The molecule has 0 amide bonds. The number of rotatable bonds is 2. The maximum Gasteiger partial charge on any atom is 0.497 e. The zero-order chi connectivity index (χ0) is 12.6. The molecular formula is C8H5Cl2F3O2S. The first-order valence-corrected chi connectivity index (χ1v) is 6.27. The largest absolute Gasteiger partial charge is 0.497 e. The molecule has 1 aromatic rings. The zero-order valence-electron chi connectivity index (χ0n) is 7.55. The van der Waals surface area contributed by atoms with E-state index >= 15 is 0 Å². The number of benzene rings is 1. The third-order valence-electron chi connectivity index (χ3n) is 1.69. The summed E-state index contributed by atoms with van der Waals surface area (Å²) in [6, 6.07) is 3.51. The van der Waals surface area contributed by atoms with E-state index in [2.05, 4.69) is 0 Å². The van der Waals surface area contributed by atoms with Gasteiger partial charge in [-0.1, -0.05) is 29.3 Å². The van der Waals surface area contributed by atoms with E-state index in [1.165, 1.54) is 12.1 Å². The van der Waals surface area contributed by atoms with Crippen LogP contribution in [-0.2, 0) is 15.6 Å². The second-order valence-electron chi connectivity index (χ2n) is 2.95. The summed E-state index contributed by atoms with van der Waals surface area (Å²) in [7, 11) is -5.18. The summed E-state index contributed by atoms with van der Waals surface area (Å²) >= 11 is 11.1. The Labute approximate surface area is 99.9 Å². The Morgan fingerprint density at radius 1 is 1.12 bits per heavy atom. The Morgan fingerprint density at radius 2 is 1.69 bits per heavy atom. The Hall–Kier alpha value is -0.460. The van der Waals surface area contributed by atoms with Gasteiger partial charge in [0.1, 0.15) is 0 Å². The Balaban J connectivity index is 3.03. The molecule has 0 radical (unpaired) electrons. The predicted octanol–water partition coefficient (Wildman–Crippen LogP) is 3.43. The van der Waals surface area contributed by atoms with Gasteiger partial charge in [-0.15, -0.1) is 0 Å². The van der Waals surface area contributed by atoms with Crippen LogP contribution in [0.2, 0.25) is 10.0 Å². The molecule has 0 spiro atoms. The lowest BCUT2D eigenvalue weighted by Gasteiger charge is -2.08. The van der Waals surface area contributed by atoms with Gasteiger partial charge in [0.25, 0.3) is 9.84 Å². The summed E-state index contributed by atoms with van der Waals surface area (Å²) < 4.78 is 57.8. The van der Waals surface area contributed by atoms with Gasteiger partial charge in [0, 0.05) is 0 Å². The number of hydrogen-bond donors (Lipinski definition) is 0. The number of alkyl halides is 3. The highest BCUT2D eigenvalue weighted by Gasteiger charge is 2.45. The maximum absolute atomic E-state index is 12.1. The monoisotopic (exact) mass is 292 g/mol. The minimum atomic E-state index is -5.26. The maximum atomic E-state index is 12.1. The van der Waals surface area contributed by atoms with E-state index < -0.39 is 21.1 Å². The van der Waals surface area contributed by atoms with Crippen LogP contribution in [0.4, 0.5) is 13.2 Å². The topological polar surface area (TPSA) is 34.1 Å². The van der Waals surface area contributed by atoms with Gasteiger partial charge < -0.3 is 0 Å². The van der Waals surface area contributed by atoms with Crippen molar-refractivity contribution in [2.24, 2.45) is 0 Å². The molecule has 0 aliphatic carbocycles. The molecule has 0 aromatic heterocycles. The number of sulfone groups is 1. The van der Waals surface area contributed by atoms with Gasteiger partial charge in [0.05, 0.1) is 15.8 Å². The van der Waals surface area contributed by atoms with E-state index in [4.69, 9.17) is 23.2 Å². The molecule has 90 valence electrons. The van der Waals surface area contributed by atoms with Crippen molar-refractivity contribution < 1.29 is 21.6 Å². The summed E-state index contributed by atoms with van der Waals surface area (Å²) in [5.74, 6) is -1.15. The van der Waals surface area contributed by atoms with Crippen LogP contribution < -0.4 is 0 Å². The van der Waals surface area contributed by atoms with E-state index in [1.807, 2.05) is 0 Å². The molecule has 0 N–H and O–H groups in total. The van der Waals surface area contributed by atoms with Crippen LogP contribution >= 0.6 is 23.2 Å². The molecule has 8 heteroatoms. The fourth-order valence-corrected chi connectivity index (χ4v) is 2.03.